The predicted molar refractivity (Wildman–Crippen MR) is 114 cm³/mol. The Hall–Kier alpha value is -3.16. The molecular formula is C22H26FN5O2. The number of amides is 1. The molecule has 0 unspecified atom stereocenters. The van der Waals surface area contributed by atoms with E-state index in [0.29, 0.717) is 19.6 Å². The standard InChI is InChI=1S/C22H26FN5O2/c1-14-12-27(9-10-28(14)21(29)30-22(2,3)4)20-17-11-18(26-19(17)24-13-25-20)15-5-7-16(23)8-6-15/h5-8,11,13-14H,9-10,12H2,1-4H3,(H,24,25,26)/t14-/m1/s1. The fraction of sp³-hybridized carbons (Fsp3) is 0.409. The molecule has 0 saturated carbocycles. The van der Waals surface area contributed by atoms with Crippen LogP contribution in [0.15, 0.2) is 36.7 Å². The van der Waals surface area contributed by atoms with Crippen molar-refractivity contribution in [2.45, 2.75) is 39.3 Å². The zero-order valence-corrected chi connectivity index (χ0v) is 17.6. The zero-order chi connectivity index (χ0) is 21.5. The number of H-pyrrole nitrogens is 1. The van der Waals surface area contributed by atoms with Crippen LogP contribution >= 0.6 is 0 Å². The lowest BCUT2D eigenvalue weighted by atomic mass is 10.1. The second-order valence-corrected chi connectivity index (χ2v) is 8.62. The molecule has 0 radical (unpaired) electrons. The molecule has 1 aliphatic heterocycles. The van der Waals surface area contributed by atoms with Crippen LogP contribution in [-0.2, 0) is 4.74 Å². The number of halogens is 1. The lowest BCUT2D eigenvalue weighted by Crippen LogP contribution is -2.55. The highest BCUT2D eigenvalue weighted by Crippen LogP contribution is 2.30. The van der Waals surface area contributed by atoms with Crippen molar-refractivity contribution in [3.63, 3.8) is 0 Å². The number of aromatic amines is 1. The van der Waals surface area contributed by atoms with Crippen molar-refractivity contribution in [2.75, 3.05) is 24.5 Å². The Morgan fingerprint density at radius 3 is 2.60 bits per heavy atom. The number of rotatable bonds is 2. The van der Waals surface area contributed by atoms with E-state index in [9.17, 15) is 9.18 Å². The Bertz CT molecular complexity index is 1060. The van der Waals surface area contributed by atoms with Gasteiger partial charge in [-0.25, -0.2) is 19.2 Å². The summed E-state index contributed by atoms with van der Waals surface area (Å²) >= 11 is 0. The molecule has 0 aliphatic carbocycles. The molecular weight excluding hydrogens is 385 g/mol. The minimum absolute atomic E-state index is 0.0193. The van der Waals surface area contributed by atoms with Gasteiger partial charge in [-0.05, 0) is 63.6 Å². The number of carbonyl (C=O) groups excluding carboxylic acids is 1. The third-order valence-electron chi connectivity index (χ3n) is 5.11. The minimum atomic E-state index is -0.519. The summed E-state index contributed by atoms with van der Waals surface area (Å²) in [7, 11) is 0. The van der Waals surface area contributed by atoms with Gasteiger partial charge in [0.15, 0.2) is 0 Å². The molecule has 1 aliphatic rings. The molecule has 0 spiro atoms. The summed E-state index contributed by atoms with van der Waals surface area (Å²) in [6, 6.07) is 8.30. The van der Waals surface area contributed by atoms with Crippen LogP contribution in [0.4, 0.5) is 15.0 Å². The molecule has 8 heteroatoms. The first-order chi connectivity index (χ1) is 14.2. The highest BCUT2D eigenvalue weighted by Gasteiger charge is 2.32. The molecule has 3 aromatic rings. The third-order valence-corrected chi connectivity index (χ3v) is 5.11. The quantitative estimate of drug-likeness (QED) is 0.684. The van der Waals surface area contributed by atoms with Crippen molar-refractivity contribution in [1.82, 2.24) is 19.9 Å². The van der Waals surface area contributed by atoms with Gasteiger partial charge in [0.2, 0.25) is 0 Å². The third kappa shape index (κ3) is 4.08. The second kappa shape index (κ2) is 7.59. The lowest BCUT2D eigenvalue weighted by molar-refractivity contribution is 0.0159. The number of fused-ring (bicyclic) bond motifs is 1. The largest absolute Gasteiger partial charge is 0.444 e. The van der Waals surface area contributed by atoms with Gasteiger partial charge in [-0.3, -0.25) is 0 Å². The van der Waals surface area contributed by atoms with Crippen LogP contribution in [0.2, 0.25) is 0 Å². The van der Waals surface area contributed by atoms with E-state index in [1.807, 2.05) is 33.8 Å². The Labute approximate surface area is 174 Å². The van der Waals surface area contributed by atoms with Crippen LogP contribution in [0.1, 0.15) is 27.7 Å². The van der Waals surface area contributed by atoms with Crippen molar-refractivity contribution >= 4 is 22.9 Å². The van der Waals surface area contributed by atoms with Crippen LogP contribution in [0.3, 0.4) is 0 Å². The number of ether oxygens (including phenoxy) is 1. The molecule has 4 rings (SSSR count). The van der Waals surface area contributed by atoms with Crippen LogP contribution < -0.4 is 4.90 Å². The van der Waals surface area contributed by atoms with Gasteiger partial charge >= 0.3 is 6.09 Å². The summed E-state index contributed by atoms with van der Waals surface area (Å²) in [4.78, 5) is 28.6. The summed E-state index contributed by atoms with van der Waals surface area (Å²) in [5, 5.41) is 0.898. The topological polar surface area (TPSA) is 74.4 Å². The molecule has 3 heterocycles. The molecule has 7 nitrogen and oxygen atoms in total. The van der Waals surface area contributed by atoms with Gasteiger partial charge in [-0.2, -0.15) is 0 Å². The Morgan fingerprint density at radius 1 is 1.20 bits per heavy atom. The number of hydrogen-bond acceptors (Lipinski definition) is 5. The number of hydrogen-bond donors (Lipinski definition) is 1. The van der Waals surface area contributed by atoms with Gasteiger partial charge in [-0.15, -0.1) is 0 Å². The van der Waals surface area contributed by atoms with Gasteiger partial charge < -0.3 is 19.5 Å². The summed E-state index contributed by atoms with van der Waals surface area (Å²) in [5.41, 5.74) is 1.94. The van der Waals surface area contributed by atoms with E-state index in [4.69, 9.17) is 4.74 Å². The van der Waals surface area contributed by atoms with Crippen LogP contribution in [-0.4, -0.2) is 57.2 Å². The normalized spacial score (nSPS) is 17.4. The number of carbonyl (C=O) groups is 1. The highest BCUT2D eigenvalue weighted by atomic mass is 19.1. The molecule has 1 N–H and O–H groups in total. The predicted octanol–water partition coefficient (Wildman–Crippen LogP) is 4.21. The first-order valence-corrected chi connectivity index (χ1v) is 10.1. The van der Waals surface area contributed by atoms with Crippen molar-refractivity contribution in [3.8, 4) is 11.3 Å². The maximum Gasteiger partial charge on any atom is 0.410 e. The number of piperazine rings is 1. The average Bonchev–Trinajstić information content (AvgIpc) is 3.11. The van der Waals surface area contributed by atoms with E-state index in [-0.39, 0.29) is 18.0 Å². The highest BCUT2D eigenvalue weighted by molar-refractivity contribution is 5.92. The Morgan fingerprint density at radius 2 is 1.93 bits per heavy atom. The van der Waals surface area contributed by atoms with E-state index < -0.39 is 5.60 Å². The van der Waals surface area contributed by atoms with Crippen molar-refractivity contribution in [1.29, 1.82) is 0 Å². The van der Waals surface area contributed by atoms with E-state index in [0.717, 1.165) is 28.1 Å². The number of aromatic nitrogens is 3. The van der Waals surface area contributed by atoms with Crippen LogP contribution in [0.5, 0.6) is 0 Å². The molecule has 2 aromatic heterocycles. The number of nitrogens with zero attached hydrogens (tertiary/aromatic N) is 4. The van der Waals surface area contributed by atoms with E-state index in [1.54, 1.807) is 17.0 Å². The maximum absolute atomic E-state index is 13.3. The monoisotopic (exact) mass is 411 g/mol. The average molecular weight is 411 g/mol. The molecule has 0 bridgehead atoms. The Kier molecular flexibility index (Phi) is 5.09. The van der Waals surface area contributed by atoms with Crippen LogP contribution in [0.25, 0.3) is 22.3 Å². The number of nitrogens with one attached hydrogen (secondary N) is 1. The summed E-state index contributed by atoms with van der Waals surface area (Å²) in [6.45, 7) is 9.46. The SMILES string of the molecule is C[C@@H]1CN(c2ncnc3[nH]c(-c4ccc(F)cc4)cc23)CCN1C(=O)OC(C)(C)C. The van der Waals surface area contributed by atoms with Gasteiger partial charge in [0, 0.05) is 31.4 Å². The smallest absolute Gasteiger partial charge is 0.410 e. The number of anilines is 1. The van der Waals surface area contributed by atoms with Crippen molar-refractivity contribution < 1.29 is 13.9 Å². The van der Waals surface area contributed by atoms with E-state index in [2.05, 4.69) is 19.9 Å². The molecule has 1 amide bonds. The second-order valence-electron chi connectivity index (χ2n) is 8.62. The molecule has 158 valence electrons. The summed E-state index contributed by atoms with van der Waals surface area (Å²) in [6.07, 6.45) is 1.25. The Balaban J connectivity index is 1.57. The summed E-state index contributed by atoms with van der Waals surface area (Å²) < 4.78 is 18.8. The molecule has 1 saturated heterocycles. The van der Waals surface area contributed by atoms with Crippen molar-refractivity contribution in [2.24, 2.45) is 0 Å². The molecule has 1 atom stereocenters. The summed E-state index contributed by atoms with van der Waals surface area (Å²) in [5.74, 6) is 0.549. The van der Waals surface area contributed by atoms with E-state index >= 15 is 0 Å². The fourth-order valence-electron chi connectivity index (χ4n) is 3.71. The maximum atomic E-state index is 13.3. The van der Waals surface area contributed by atoms with E-state index in [1.165, 1.54) is 18.5 Å². The fourth-order valence-corrected chi connectivity index (χ4v) is 3.71. The molecule has 30 heavy (non-hydrogen) atoms. The van der Waals surface area contributed by atoms with Crippen molar-refractivity contribution in [3.05, 3.63) is 42.5 Å². The van der Waals surface area contributed by atoms with Crippen LogP contribution in [0, 0.1) is 5.82 Å². The minimum Gasteiger partial charge on any atom is -0.444 e. The molecule has 1 aromatic carbocycles. The van der Waals surface area contributed by atoms with Gasteiger partial charge in [-0.1, -0.05) is 0 Å². The number of benzene rings is 1. The first kappa shape index (κ1) is 20.1. The lowest BCUT2D eigenvalue weighted by Gasteiger charge is -2.40. The van der Waals surface area contributed by atoms with Gasteiger partial charge in [0.05, 0.1) is 5.39 Å². The first-order valence-electron chi connectivity index (χ1n) is 10.1. The molecule has 1 fully saturated rings. The van der Waals surface area contributed by atoms with Gasteiger partial charge in [0.1, 0.15) is 29.2 Å². The van der Waals surface area contributed by atoms with Gasteiger partial charge in [0.25, 0.3) is 0 Å². The zero-order valence-electron chi connectivity index (χ0n) is 17.6.